The van der Waals surface area contributed by atoms with Crippen LogP contribution in [0, 0.1) is 5.92 Å². The lowest BCUT2D eigenvalue weighted by molar-refractivity contribution is -0.152. The van der Waals surface area contributed by atoms with E-state index in [1.807, 2.05) is 13.8 Å². The van der Waals surface area contributed by atoms with Crippen LogP contribution in [-0.4, -0.2) is 25.8 Å². The van der Waals surface area contributed by atoms with Gasteiger partial charge in [0.05, 0.1) is 19.1 Å². The molecule has 0 aliphatic heterocycles. The standard InChI is InChI=1S/C23H24O7/c1-14(2)12-28-23(25)15(3)29-18-9-10-19-20(11-18)27-13-21(22(19)24)30-17-7-5-16(26-4)6-8-17/h5-11,13-15H,12H2,1-4H3/t15-/m1/s1. The van der Waals surface area contributed by atoms with E-state index < -0.39 is 12.1 Å². The molecule has 158 valence electrons. The van der Waals surface area contributed by atoms with E-state index in [-0.39, 0.29) is 17.1 Å². The van der Waals surface area contributed by atoms with Gasteiger partial charge in [0.2, 0.25) is 11.2 Å². The predicted octanol–water partition coefficient (Wildman–Crippen LogP) is 4.56. The molecule has 3 aromatic rings. The second-order valence-corrected chi connectivity index (χ2v) is 7.15. The molecule has 0 aliphatic rings. The first-order valence-electron chi connectivity index (χ1n) is 9.58. The Balaban J connectivity index is 1.75. The highest BCUT2D eigenvalue weighted by molar-refractivity contribution is 5.79. The second kappa shape index (κ2) is 9.35. The normalized spacial score (nSPS) is 11.9. The van der Waals surface area contributed by atoms with Crippen molar-refractivity contribution in [1.82, 2.24) is 0 Å². The molecule has 0 amide bonds. The molecular weight excluding hydrogens is 388 g/mol. The van der Waals surface area contributed by atoms with Gasteiger partial charge < -0.3 is 23.4 Å². The Hall–Kier alpha value is -3.48. The van der Waals surface area contributed by atoms with Gasteiger partial charge in [0.15, 0.2) is 6.10 Å². The highest BCUT2D eigenvalue weighted by Crippen LogP contribution is 2.25. The molecule has 30 heavy (non-hydrogen) atoms. The Morgan fingerprint density at radius 2 is 1.67 bits per heavy atom. The van der Waals surface area contributed by atoms with Gasteiger partial charge >= 0.3 is 5.97 Å². The third kappa shape index (κ3) is 5.11. The fraction of sp³-hybridized carbons (Fsp3) is 0.304. The van der Waals surface area contributed by atoms with Crippen LogP contribution in [0.5, 0.6) is 23.0 Å². The van der Waals surface area contributed by atoms with Gasteiger partial charge in [0, 0.05) is 6.07 Å². The molecule has 0 bridgehead atoms. The quantitative estimate of drug-likeness (QED) is 0.502. The van der Waals surface area contributed by atoms with E-state index in [9.17, 15) is 9.59 Å². The number of fused-ring (bicyclic) bond motifs is 1. The molecule has 1 heterocycles. The summed E-state index contributed by atoms with van der Waals surface area (Å²) in [6.45, 7) is 5.85. The minimum absolute atomic E-state index is 0.0620. The molecule has 0 unspecified atom stereocenters. The summed E-state index contributed by atoms with van der Waals surface area (Å²) < 4.78 is 27.1. The smallest absolute Gasteiger partial charge is 0.347 e. The van der Waals surface area contributed by atoms with Crippen LogP contribution in [0.4, 0.5) is 0 Å². The molecule has 0 spiro atoms. The molecule has 0 saturated heterocycles. The number of methoxy groups -OCH3 is 1. The lowest BCUT2D eigenvalue weighted by atomic mass is 10.2. The summed E-state index contributed by atoms with van der Waals surface area (Å²) >= 11 is 0. The van der Waals surface area contributed by atoms with Crippen molar-refractivity contribution in [1.29, 1.82) is 0 Å². The van der Waals surface area contributed by atoms with E-state index in [2.05, 4.69) is 0 Å². The third-order valence-electron chi connectivity index (χ3n) is 4.21. The number of carbonyl (C=O) groups excluding carboxylic acids is 1. The average Bonchev–Trinajstić information content (AvgIpc) is 2.74. The van der Waals surface area contributed by atoms with Crippen LogP contribution in [0.2, 0.25) is 0 Å². The van der Waals surface area contributed by atoms with Gasteiger partial charge in [-0.1, -0.05) is 13.8 Å². The van der Waals surface area contributed by atoms with Crippen LogP contribution in [0.15, 0.2) is 57.9 Å². The maximum atomic E-state index is 12.7. The van der Waals surface area contributed by atoms with Gasteiger partial charge in [-0.15, -0.1) is 0 Å². The number of rotatable bonds is 8. The molecule has 0 aliphatic carbocycles. The number of esters is 1. The third-order valence-corrected chi connectivity index (χ3v) is 4.21. The number of hydrogen-bond donors (Lipinski definition) is 0. The van der Waals surface area contributed by atoms with Crippen LogP contribution in [-0.2, 0) is 9.53 Å². The summed E-state index contributed by atoms with van der Waals surface area (Å²) in [7, 11) is 1.57. The minimum Gasteiger partial charge on any atom is -0.497 e. The van der Waals surface area contributed by atoms with Crippen molar-refractivity contribution in [3.63, 3.8) is 0 Å². The molecule has 1 aromatic heterocycles. The fourth-order valence-corrected chi connectivity index (χ4v) is 2.62. The van der Waals surface area contributed by atoms with Crippen molar-refractivity contribution in [2.75, 3.05) is 13.7 Å². The van der Waals surface area contributed by atoms with Crippen LogP contribution < -0.4 is 19.6 Å². The maximum absolute atomic E-state index is 12.7. The monoisotopic (exact) mass is 412 g/mol. The van der Waals surface area contributed by atoms with Gasteiger partial charge in [0.1, 0.15) is 29.1 Å². The van der Waals surface area contributed by atoms with E-state index >= 15 is 0 Å². The van der Waals surface area contributed by atoms with Crippen molar-refractivity contribution in [2.45, 2.75) is 26.9 Å². The van der Waals surface area contributed by atoms with Crippen molar-refractivity contribution in [2.24, 2.45) is 5.92 Å². The zero-order valence-electron chi connectivity index (χ0n) is 17.3. The molecule has 3 rings (SSSR count). The maximum Gasteiger partial charge on any atom is 0.347 e. The molecule has 1 atom stereocenters. The van der Waals surface area contributed by atoms with Crippen LogP contribution in [0.25, 0.3) is 11.0 Å². The Kier molecular flexibility index (Phi) is 6.61. The van der Waals surface area contributed by atoms with Crippen molar-refractivity contribution >= 4 is 16.9 Å². The molecule has 0 radical (unpaired) electrons. The van der Waals surface area contributed by atoms with E-state index in [0.29, 0.717) is 34.8 Å². The highest BCUT2D eigenvalue weighted by atomic mass is 16.6. The van der Waals surface area contributed by atoms with Crippen LogP contribution in [0.1, 0.15) is 20.8 Å². The summed E-state index contributed by atoms with van der Waals surface area (Å²) in [5.41, 5.74) is 0.00494. The van der Waals surface area contributed by atoms with Crippen LogP contribution in [0.3, 0.4) is 0 Å². The van der Waals surface area contributed by atoms with Gasteiger partial charge in [0.25, 0.3) is 0 Å². The fourth-order valence-electron chi connectivity index (χ4n) is 2.62. The van der Waals surface area contributed by atoms with Gasteiger partial charge in [-0.05, 0) is 49.2 Å². The van der Waals surface area contributed by atoms with Gasteiger partial charge in [-0.2, -0.15) is 0 Å². The van der Waals surface area contributed by atoms with Crippen molar-refractivity contribution in [3.8, 4) is 23.0 Å². The molecule has 7 nitrogen and oxygen atoms in total. The summed E-state index contributed by atoms with van der Waals surface area (Å²) in [4.78, 5) is 24.7. The van der Waals surface area contributed by atoms with Gasteiger partial charge in [-0.3, -0.25) is 4.79 Å². The zero-order chi connectivity index (χ0) is 21.7. The van der Waals surface area contributed by atoms with E-state index in [4.69, 9.17) is 23.4 Å². The average molecular weight is 412 g/mol. The first-order valence-corrected chi connectivity index (χ1v) is 9.58. The summed E-state index contributed by atoms with van der Waals surface area (Å²) in [6, 6.07) is 11.6. The lowest BCUT2D eigenvalue weighted by Gasteiger charge is -2.15. The van der Waals surface area contributed by atoms with E-state index in [0.717, 1.165) is 0 Å². The highest BCUT2D eigenvalue weighted by Gasteiger charge is 2.18. The number of benzene rings is 2. The summed E-state index contributed by atoms with van der Waals surface area (Å²) in [5, 5.41) is 0.336. The summed E-state index contributed by atoms with van der Waals surface area (Å²) in [5.74, 6) is 1.41. The molecule has 0 fully saturated rings. The Bertz CT molecular complexity index is 1070. The Morgan fingerprint density at radius 1 is 1.00 bits per heavy atom. The molecule has 7 heteroatoms. The topological polar surface area (TPSA) is 84.2 Å². The van der Waals surface area contributed by atoms with Crippen LogP contribution >= 0.6 is 0 Å². The zero-order valence-corrected chi connectivity index (χ0v) is 17.3. The second-order valence-electron chi connectivity index (χ2n) is 7.15. The van der Waals surface area contributed by atoms with E-state index in [1.165, 1.54) is 6.26 Å². The lowest BCUT2D eigenvalue weighted by Crippen LogP contribution is -2.27. The molecule has 2 aromatic carbocycles. The minimum atomic E-state index is -0.786. The molecule has 0 N–H and O–H groups in total. The molecular formula is C23H24O7. The first-order chi connectivity index (χ1) is 14.4. The largest absolute Gasteiger partial charge is 0.497 e. The summed E-state index contributed by atoms with van der Waals surface area (Å²) in [6.07, 6.45) is 0.463. The van der Waals surface area contributed by atoms with E-state index in [1.54, 1.807) is 56.5 Å². The first kappa shape index (κ1) is 21.2. The number of hydrogen-bond acceptors (Lipinski definition) is 7. The SMILES string of the molecule is COc1ccc(Oc2coc3cc(O[C@H](C)C(=O)OCC(C)C)ccc3c2=O)cc1. The predicted molar refractivity (Wildman–Crippen MR) is 111 cm³/mol. The number of ether oxygens (including phenoxy) is 4. The number of carbonyl (C=O) groups is 1. The van der Waals surface area contributed by atoms with Gasteiger partial charge in [-0.25, -0.2) is 4.79 Å². The Labute approximate surface area is 174 Å². The van der Waals surface area contributed by atoms with Crippen molar-refractivity contribution in [3.05, 3.63) is 59.0 Å². The van der Waals surface area contributed by atoms with Crippen molar-refractivity contribution < 1.29 is 28.2 Å². The Morgan fingerprint density at radius 3 is 2.33 bits per heavy atom. The molecule has 0 saturated carbocycles.